The van der Waals surface area contributed by atoms with Gasteiger partial charge >= 0.3 is 0 Å². The van der Waals surface area contributed by atoms with Crippen LogP contribution in [0.25, 0.3) is 20.5 Å². The van der Waals surface area contributed by atoms with Gasteiger partial charge in [0, 0.05) is 9.58 Å². The second kappa shape index (κ2) is 7.73. The Labute approximate surface area is 157 Å². The lowest BCUT2D eigenvalue weighted by atomic mass is 10.1. The summed E-state index contributed by atoms with van der Waals surface area (Å²) in [7, 11) is 0. The molecule has 0 aliphatic heterocycles. The Morgan fingerprint density at radius 2 is 1.62 bits per heavy atom. The summed E-state index contributed by atoms with van der Waals surface area (Å²) in [5, 5.41) is 1.25. The Morgan fingerprint density at radius 3 is 2.38 bits per heavy atom. The fourth-order valence-corrected chi connectivity index (χ4v) is 4.08. The van der Waals surface area contributed by atoms with E-state index in [1.54, 1.807) is 11.3 Å². The Bertz CT molecular complexity index is 990. The summed E-state index contributed by atoms with van der Waals surface area (Å²) in [5.74, 6) is 0.910. The summed E-state index contributed by atoms with van der Waals surface area (Å²) >= 11 is 1.80. The van der Waals surface area contributed by atoms with Gasteiger partial charge in [0.05, 0.1) is 0 Å². The molecule has 1 heterocycles. The van der Waals surface area contributed by atoms with Crippen molar-refractivity contribution >= 4 is 21.4 Å². The van der Waals surface area contributed by atoms with Crippen molar-refractivity contribution in [3.63, 3.8) is 0 Å². The lowest BCUT2D eigenvalue weighted by Gasteiger charge is -2.06. The molecule has 0 bridgehead atoms. The highest BCUT2D eigenvalue weighted by molar-refractivity contribution is 7.22. The Hall–Kier alpha value is -2.62. The minimum Gasteiger partial charge on any atom is -0.489 e. The van der Waals surface area contributed by atoms with Gasteiger partial charge in [0.25, 0.3) is 0 Å². The number of hydrogen-bond donors (Lipinski definition) is 1. The highest BCUT2D eigenvalue weighted by Gasteiger charge is 2.06. The standard InChI is InChI=1S/C23H21NOS/c24-13-12-17-6-8-19(9-7-17)22-14-20-10-11-21(15-23(20)26-22)25-16-18-4-2-1-3-5-18/h1-11,14-15H,12-13,16,24H2. The maximum Gasteiger partial charge on any atom is 0.121 e. The second-order valence-corrected chi connectivity index (χ2v) is 7.40. The van der Waals surface area contributed by atoms with Crippen molar-refractivity contribution in [3.05, 3.63) is 90.0 Å². The second-order valence-electron chi connectivity index (χ2n) is 6.32. The van der Waals surface area contributed by atoms with E-state index in [1.165, 1.54) is 31.7 Å². The highest BCUT2D eigenvalue weighted by Crippen LogP contribution is 2.35. The first-order valence-electron chi connectivity index (χ1n) is 8.81. The summed E-state index contributed by atoms with van der Waals surface area (Å²) in [4.78, 5) is 1.28. The van der Waals surface area contributed by atoms with Gasteiger partial charge in [0.2, 0.25) is 0 Å². The molecule has 0 saturated carbocycles. The first kappa shape index (κ1) is 16.8. The number of hydrogen-bond acceptors (Lipinski definition) is 3. The zero-order chi connectivity index (χ0) is 17.8. The van der Waals surface area contributed by atoms with Crippen molar-refractivity contribution in [1.29, 1.82) is 0 Å². The molecular formula is C23H21NOS. The quantitative estimate of drug-likeness (QED) is 0.483. The molecule has 3 heteroatoms. The molecule has 0 amide bonds. The number of nitrogens with two attached hydrogens (primary N) is 1. The average Bonchev–Trinajstić information content (AvgIpc) is 3.11. The van der Waals surface area contributed by atoms with Crippen molar-refractivity contribution in [3.8, 4) is 16.2 Å². The predicted octanol–water partition coefficient (Wildman–Crippen LogP) is 5.65. The van der Waals surface area contributed by atoms with E-state index in [0.29, 0.717) is 13.2 Å². The molecule has 0 fully saturated rings. The first-order chi connectivity index (χ1) is 12.8. The van der Waals surface area contributed by atoms with Gasteiger partial charge in [-0.05, 0) is 59.3 Å². The van der Waals surface area contributed by atoms with Crippen molar-refractivity contribution in [2.24, 2.45) is 5.73 Å². The van der Waals surface area contributed by atoms with Gasteiger partial charge in [-0.2, -0.15) is 0 Å². The zero-order valence-corrected chi connectivity index (χ0v) is 15.3. The topological polar surface area (TPSA) is 35.2 Å². The number of rotatable bonds is 6. The van der Waals surface area contributed by atoms with Crippen LogP contribution in [0.15, 0.2) is 78.9 Å². The van der Waals surface area contributed by atoms with E-state index in [9.17, 15) is 0 Å². The smallest absolute Gasteiger partial charge is 0.121 e. The SMILES string of the molecule is NCCc1ccc(-c2cc3ccc(OCc4ccccc4)cc3s2)cc1. The minimum atomic E-state index is 0.590. The van der Waals surface area contributed by atoms with Crippen molar-refractivity contribution in [1.82, 2.24) is 0 Å². The molecule has 0 unspecified atom stereocenters. The van der Waals surface area contributed by atoms with E-state index in [1.807, 2.05) is 24.3 Å². The van der Waals surface area contributed by atoms with E-state index in [0.717, 1.165) is 12.2 Å². The molecule has 0 aliphatic rings. The van der Waals surface area contributed by atoms with Gasteiger partial charge in [-0.1, -0.05) is 54.6 Å². The maximum atomic E-state index is 5.95. The highest BCUT2D eigenvalue weighted by atomic mass is 32.1. The van der Waals surface area contributed by atoms with Crippen molar-refractivity contribution < 1.29 is 4.74 Å². The molecule has 1 aromatic heterocycles. The van der Waals surface area contributed by atoms with Crippen LogP contribution in [0.5, 0.6) is 5.75 Å². The predicted molar refractivity (Wildman–Crippen MR) is 111 cm³/mol. The number of benzene rings is 3. The normalized spacial score (nSPS) is 11.0. The summed E-state index contributed by atoms with van der Waals surface area (Å²) in [5.41, 5.74) is 9.34. The Kier molecular flexibility index (Phi) is 5.00. The van der Waals surface area contributed by atoms with Gasteiger partial charge < -0.3 is 10.5 Å². The maximum absolute atomic E-state index is 5.95. The molecule has 0 atom stereocenters. The summed E-state index contributed by atoms with van der Waals surface area (Å²) in [6.07, 6.45) is 0.925. The van der Waals surface area contributed by atoms with Gasteiger partial charge in [0.1, 0.15) is 12.4 Å². The van der Waals surface area contributed by atoms with E-state index in [2.05, 4.69) is 54.6 Å². The number of ether oxygens (including phenoxy) is 1. The molecule has 3 aromatic carbocycles. The molecule has 0 aliphatic carbocycles. The van der Waals surface area contributed by atoms with Gasteiger partial charge in [-0.25, -0.2) is 0 Å². The molecule has 0 saturated heterocycles. The van der Waals surface area contributed by atoms with Gasteiger partial charge in [0.15, 0.2) is 0 Å². The Balaban J connectivity index is 1.53. The fraction of sp³-hybridized carbons (Fsp3) is 0.130. The Morgan fingerprint density at radius 1 is 0.808 bits per heavy atom. The van der Waals surface area contributed by atoms with Gasteiger partial charge in [-0.15, -0.1) is 11.3 Å². The molecule has 130 valence electrons. The van der Waals surface area contributed by atoms with Crippen LogP contribution in [0.3, 0.4) is 0 Å². The summed E-state index contributed by atoms with van der Waals surface area (Å²) < 4.78 is 7.20. The first-order valence-corrected chi connectivity index (χ1v) is 9.63. The lowest BCUT2D eigenvalue weighted by Crippen LogP contribution is -2.02. The molecule has 26 heavy (non-hydrogen) atoms. The molecule has 4 rings (SSSR count). The molecule has 0 radical (unpaired) electrons. The van der Waals surface area contributed by atoms with Crippen LogP contribution in [0.1, 0.15) is 11.1 Å². The third kappa shape index (κ3) is 3.79. The van der Waals surface area contributed by atoms with Crippen LogP contribution in [0.4, 0.5) is 0 Å². The molecular weight excluding hydrogens is 338 g/mol. The summed E-state index contributed by atoms with van der Waals surface area (Å²) in [6, 6.07) is 27.5. The zero-order valence-electron chi connectivity index (χ0n) is 14.5. The van der Waals surface area contributed by atoms with Crippen LogP contribution in [0.2, 0.25) is 0 Å². The van der Waals surface area contributed by atoms with Crippen LogP contribution in [-0.4, -0.2) is 6.54 Å². The molecule has 4 aromatic rings. The van der Waals surface area contributed by atoms with Crippen LogP contribution in [0, 0.1) is 0 Å². The fourth-order valence-electron chi connectivity index (χ4n) is 2.99. The van der Waals surface area contributed by atoms with E-state index < -0.39 is 0 Å². The largest absolute Gasteiger partial charge is 0.489 e. The third-order valence-corrected chi connectivity index (χ3v) is 5.56. The average molecular weight is 359 g/mol. The van der Waals surface area contributed by atoms with Crippen molar-refractivity contribution in [2.75, 3.05) is 6.54 Å². The third-order valence-electron chi connectivity index (χ3n) is 4.41. The monoisotopic (exact) mass is 359 g/mol. The van der Waals surface area contributed by atoms with E-state index >= 15 is 0 Å². The van der Waals surface area contributed by atoms with Crippen LogP contribution < -0.4 is 10.5 Å². The van der Waals surface area contributed by atoms with Crippen LogP contribution >= 0.6 is 11.3 Å². The lowest BCUT2D eigenvalue weighted by molar-refractivity contribution is 0.306. The minimum absolute atomic E-state index is 0.590. The van der Waals surface area contributed by atoms with Crippen molar-refractivity contribution in [2.45, 2.75) is 13.0 Å². The van der Waals surface area contributed by atoms with E-state index in [4.69, 9.17) is 10.5 Å². The number of thiophene rings is 1. The van der Waals surface area contributed by atoms with E-state index in [-0.39, 0.29) is 0 Å². The summed E-state index contributed by atoms with van der Waals surface area (Å²) in [6.45, 7) is 1.28. The molecule has 2 N–H and O–H groups in total. The van der Waals surface area contributed by atoms with Gasteiger partial charge in [-0.3, -0.25) is 0 Å². The van der Waals surface area contributed by atoms with Crippen LogP contribution in [-0.2, 0) is 13.0 Å². The number of fused-ring (bicyclic) bond motifs is 1. The molecule has 0 spiro atoms. The molecule has 2 nitrogen and oxygen atoms in total.